The minimum atomic E-state index is 0.0904. The number of fused-ring (bicyclic) bond motifs is 5. The zero-order valence-electron chi connectivity index (χ0n) is 13.6. The van der Waals surface area contributed by atoms with Crippen LogP contribution in [0.5, 0.6) is 0 Å². The van der Waals surface area contributed by atoms with Crippen LogP contribution in [0.1, 0.15) is 52.4 Å². The number of carbonyl (C=O) groups excluding carboxylic acids is 1. The van der Waals surface area contributed by atoms with Gasteiger partial charge in [0.05, 0.1) is 0 Å². The van der Waals surface area contributed by atoms with Gasteiger partial charge in [0.25, 0.3) is 0 Å². The molecule has 22 heavy (non-hydrogen) atoms. The zero-order chi connectivity index (χ0) is 15.5. The van der Waals surface area contributed by atoms with Gasteiger partial charge in [0.2, 0.25) is 5.91 Å². The van der Waals surface area contributed by atoms with Crippen LogP contribution in [0.4, 0.5) is 0 Å². The van der Waals surface area contributed by atoms with Crippen LogP contribution < -0.4 is 0 Å². The number of piperidine rings is 1. The minimum absolute atomic E-state index is 0.0904. The van der Waals surface area contributed by atoms with Gasteiger partial charge in [-0.1, -0.05) is 38.5 Å². The minimum Gasteiger partial charge on any atom is -0.273 e. The molecule has 1 amide bonds. The quantitative estimate of drug-likeness (QED) is 0.486. The maximum absolute atomic E-state index is 12.1. The van der Waals surface area contributed by atoms with Crippen LogP contribution in [0.2, 0.25) is 0 Å². The van der Waals surface area contributed by atoms with E-state index in [1.807, 2.05) is 0 Å². The van der Waals surface area contributed by atoms with Gasteiger partial charge in [0.1, 0.15) is 0 Å². The van der Waals surface area contributed by atoms with Crippen LogP contribution in [-0.4, -0.2) is 10.8 Å². The number of likely N-dealkylation sites (tertiary alicyclic amines) is 1. The molecule has 0 aromatic rings. The fourth-order valence-electron chi connectivity index (χ4n) is 5.98. The molecule has 3 aliphatic carbocycles. The Labute approximate surface area is 133 Å². The van der Waals surface area contributed by atoms with E-state index in [0.717, 1.165) is 30.4 Å². The van der Waals surface area contributed by atoms with Gasteiger partial charge in [0.15, 0.2) is 0 Å². The second-order valence-electron chi connectivity index (χ2n) is 8.16. The third kappa shape index (κ3) is 1.66. The monoisotopic (exact) mass is 295 g/mol. The van der Waals surface area contributed by atoms with Crippen molar-refractivity contribution < 1.29 is 4.79 Å². The molecule has 1 saturated carbocycles. The molecule has 5 atom stereocenters. The summed E-state index contributed by atoms with van der Waals surface area (Å²) in [6, 6.07) is 2.63. The highest BCUT2D eigenvalue weighted by molar-refractivity contribution is 5.81. The average Bonchev–Trinajstić information content (AvgIpc) is 2.89. The molecule has 2 heteroatoms. The van der Waals surface area contributed by atoms with Crippen LogP contribution in [0, 0.1) is 41.1 Å². The van der Waals surface area contributed by atoms with Crippen LogP contribution in [0.15, 0.2) is 23.9 Å². The maximum atomic E-state index is 12.1. The molecular formula is C20H25NO. The van der Waals surface area contributed by atoms with Gasteiger partial charge in [-0.15, -0.1) is 0 Å². The Morgan fingerprint density at radius 2 is 2.09 bits per heavy atom. The number of amides is 1. The third-order valence-corrected chi connectivity index (χ3v) is 7.23. The van der Waals surface area contributed by atoms with E-state index in [0.29, 0.717) is 17.8 Å². The topological polar surface area (TPSA) is 20.3 Å². The molecule has 2 nitrogen and oxygen atoms in total. The second kappa shape index (κ2) is 4.51. The summed E-state index contributed by atoms with van der Waals surface area (Å²) in [5.41, 5.74) is 1.62. The van der Waals surface area contributed by atoms with Crippen LogP contribution >= 0.6 is 0 Å². The molecule has 1 aliphatic heterocycles. The Hall–Kier alpha value is -1.49. The van der Waals surface area contributed by atoms with Crippen molar-refractivity contribution in [3.05, 3.63) is 23.9 Å². The van der Waals surface area contributed by atoms with Crippen LogP contribution in [0.25, 0.3) is 0 Å². The Balaban J connectivity index is 1.74. The summed E-state index contributed by atoms with van der Waals surface area (Å²) < 4.78 is 0. The molecule has 0 aromatic carbocycles. The lowest BCUT2D eigenvalue weighted by molar-refractivity contribution is -0.133. The highest BCUT2D eigenvalue weighted by atomic mass is 16.2. The lowest BCUT2D eigenvalue weighted by atomic mass is 9.50. The van der Waals surface area contributed by atoms with E-state index in [9.17, 15) is 4.79 Å². The molecular weight excluding hydrogens is 270 g/mol. The second-order valence-corrected chi connectivity index (χ2v) is 8.16. The SMILES string of the molecule is C#CN1C(=O)CCC2(C)C1=CCC1C3CC=CC3(C)CCC12. The molecule has 4 aliphatic rings. The highest BCUT2D eigenvalue weighted by Crippen LogP contribution is 2.62. The Morgan fingerprint density at radius 3 is 2.86 bits per heavy atom. The van der Waals surface area contributed by atoms with Crippen LogP contribution in [-0.2, 0) is 4.79 Å². The van der Waals surface area contributed by atoms with E-state index < -0.39 is 0 Å². The summed E-state index contributed by atoms with van der Waals surface area (Å²) in [5.74, 6) is 2.30. The van der Waals surface area contributed by atoms with Crippen molar-refractivity contribution >= 4 is 5.91 Å². The number of terminal acetylenes is 1. The van der Waals surface area contributed by atoms with Gasteiger partial charge < -0.3 is 0 Å². The summed E-state index contributed by atoms with van der Waals surface area (Å²) in [6.45, 7) is 4.80. The average molecular weight is 295 g/mol. The van der Waals surface area contributed by atoms with E-state index in [1.165, 1.54) is 19.3 Å². The van der Waals surface area contributed by atoms with Gasteiger partial charge in [0, 0.05) is 23.6 Å². The largest absolute Gasteiger partial charge is 0.273 e. The zero-order valence-corrected chi connectivity index (χ0v) is 13.6. The van der Waals surface area contributed by atoms with E-state index in [1.54, 1.807) is 4.90 Å². The van der Waals surface area contributed by atoms with E-state index in [4.69, 9.17) is 6.42 Å². The summed E-state index contributed by atoms with van der Waals surface area (Å²) in [4.78, 5) is 13.8. The first-order valence-electron chi connectivity index (χ1n) is 8.67. The van der Waals surface area contributed by atoms with Crippen molar-refractivity contribution in [2.45, 2.75) is 52.4 Å². The molecule has 0 N–H and O–H groups in total. The van der Waals surface area contributed by atoms with E-state index in [2.05, 4.69) is 38.1 Å². The fourth-order valence-corrected chi connectivity index (χ4v) is 5.98. The Kier molecular flexibility index (Phi) is 2.89. The molecule has 0 bridgehead atoms. The fraction of sp³-hybridized carbons (Fsp3) is 0.650. The molecule has 1 heterocycles. The molecule has 1 saturated heterocycles. The number of allylic oxidation sites excluding steroid dienone is 4. The summed E-state index contributed by atoms with van der Waals surface area (Å²) in [6.07, 6.45) is 19.2. The standard InChI is InChI=1S/C20H25NO/c1-4-21-17-8-7-14-15-6-5-11-19(15,2)12-9-16(14)20(17,3)13-10-18(21)22/h1,5,8,11,14-16H,6-7,9-10,12-13H2,2-3H3. The van der Waals surface area contributed by atoms with Crippen molar-refractivity contribution in [1.29, 1.82) is 0 Å². The third-order valence-electron chi connectivity index (χ3n) is 7.23. The van der Waals surface area contributed by atoms with Gasteiger partial charge in [-0.2, -0.15) is 0 Å². The van der Waals surface area contributed by atoms with Crippen LogP contribution in [0.3, 0.4) is 0 Å². The van der Waals surface area contributed by atoms with Crippen molar-refractivity contribution in [3.63, 3.8) is 0 Å². The molecule has 2 fully saturated rings. The van der Waals surface area contributed by atoms with E-state index >= 15 is 0 Å². The number of nitrogens with zero attached hydrogens (tertiary/aromatic N) is 1. The van der Waals surface area contributed by atoms with Gasteiger partial charge in [-0.05, 0) is 55.3 Å². The predicted molar refractivity (Wildman–Crippen MR) is 87.3 cm³/mol. The summed E-state index contributed by atoms with van der Waals surface area (Å²) >= 11 is 0. The predicted octanol–water partition coefficient (Wildman–Crippen LogP) is 4.10. The molecule has 4 rings (SSSR count). The molecule has 0 aromatic heterocycles. The first kappa shape index (κ1) is 14.1. The Morgan fingerprint density at radius 1 is 1.27 bits per heavy atom. The summed E-state index contributed by atoms with van der Waals surface area (Å²) in [7, 11) is 0. The van der Waals surface area contributed by atoms with E-state index in [-0.39, 0.29) is 11.3 Å². The number of rotatable bonds is 0. The van der Waals surface area contributed by atoms with Crippen molar-refractivity contribution in [1.82, 2.24) is 4.90 Å². The van der Waals surface area contributed by atoms with Crippen molar-refractivity contribution in [3.8, 4) is 12.5 Å². The normalized spacial score (nSPS) is 46.4. The Bertz CT molecular complexity index is 624. The summed E-state index contributed by atoms with van der Waals surface area (Å²) in [5, 5.41) is 0. The maximum Gasteiger partial charge on any atom is 0.238 e. The first-order chi connectivity index (χ1) is 10.5. The number of carbonyl (C=O) groups is 1. The van der Waals surface area contributed by atoms with Gasteiger partial charge >= 0.3 is 0 Å². The van der Waals surface area contributed by atoms with Gasteiger partial charge in [-0.3, -0.25) is 4.79 Å². The highest BCUT2D eigenvalue weighted by Gasteiger charge is 2.56. The molecule has 116 valence electrons. The molecule has 0 radical (unpaired) electrons. The van der Waals surface area contributed by atoms with Gasteiger partial charge in [-0.25, -0.2) is 4.90 Å². The van der Waals surface area contributed by atoms with Crippen molar-refractivity contribution in [2.24, 2.45) is 28.6 Å². The smallest absolute Gasteiger partial charge is 0.238 e. The van der Waals surface area contributed by atoms with Crippen molar-refractivity contribution in [2.75, 3.05) is 0 Å². The lowest BCUT2D eigenvalue weighted by Gasteiger charge is -2.57. The number of hydrogen-bond donors (Lipinski definition) is 0. The molecule has 0 spiro atoms. The molecule has 5 unspecified atom stereocenters. The number of hydrogen-bond acceptors (Lipinski definition) is 1. The first-order valence-corrected chi connectivity index (χ1v) is 8.67. The lowest BCUT2D eigenvalue weighted by Crippen LogP contribution is -2.52.